The first kappa shape index (κ1) is 9.54. The third kappa shape index (κ3) is 1.92. The zero-order valence-corrected chi connectivity index (χ0v) is 7.96. The molecule has 0 radical (unpaired) electrons. The zero-order valence-electron chi connectivity index (χ0n) is 7.96. The van der Waals surface area contributed by atoms with Crippen LogP contribution in [0, 0.1) is 0 Å². The highest BCUT2D eigenvalue weighted by atomic mass is 16.3. The van der Waals surface area contributed by atoms with Gasteiger partial charge in [-0.05, 0) is 12.1 Å². The van der Waals surface area contributed by atoms with Gasteiger partial charge in [-0.1, -0.05) is 0 Å². The Morgan fingerprint density at radius 3 is 2.80 bits per heavy atom. The molecule has 3 N–H and O–H groups in total. The smallest absolute Gasteiger partial charge is 0.163 e. The van der Waals surface area contributed by atoms with Crippen LogP contribution in [0.1, 0.15) is 5.56 Å². The van der Waals surface area contributed by atoms with Crippen molar-refractivity contribution in [2.45, 2.75) is 6.61 Å². The molecule has 15 heavy (non-hydrogen) atoms. The van der Waals surface area contributed by atoms with Gasteiger partial charge < -0.3 is 10.8 Å². The molecule has 0 spiro atoms. The van der Waals surface area contributed by atoms with Crippen LogP contribution in [0.3, 0.4) is 0 Å². The summed E-state index contributed by atoms with van der Waals surface area (Å²) in [6.07, 6.45) is 4.85. The molecule has 0 aliphatic carbocycles. The predicted molar refractivity (Wildman–Crippen MR) is 55.6 cm³/mol. The normalized spacial score (nSPS) is 10.2. The summed E-state index contributed by atoms with van der Waals surface area (Å²) in [5, 5.41) is 8.91. The van der Waals surface area contributed by atoms with Crippen molar-refractivity contribution < 1.29 is 5.11 Å². The Balaban J connectivity index is 2.43. The number of aliphatic hydroxyl groups is 1. The van der Waals surface area contributed by atoms with E-state index in [4.69, 9.17) is 10.8 Å². The molecule has 0 bridgehead atoms. The number of aliphatic hydroxyl groups excluding tert-OH is 1. The number of aromatic nitrogens is 3. The maximum atomic E-state index is 8.91. The molecule has 0 amide bonds. The van der Waals surface area contributed by atoms with Crippen molar-refractivity contribution >= 4 is 5.82 Å². The van der Waals surface area contributed by atoms with E-state index in [0.29, 0.717) is 17.2 Å². The fraction of sp³-hybridized carbons (Fsp3) is 0.100. The monoisotopic (exact) mass is 202 g/mol. The third-order valence-corrected chi connectivity index (χ3v) is 1.99. The molecule has 5 heteroatoms. The Bertz CT molecular complexity index is 458. The molecule has 0 saturated heterocycles. The first-order valence-electron chi connectivity index (χ1n) is 4.44. The number of nitrogen functional groups attached to an aromatic ring is 1. The number of pyridine rings is 1. The van der Waals surface area contributed by atoms with Crippen LogP contribution in [0.4, 0.5) is 5.82 Å². The molecule has 2 rings (SSSR count). The lowest BCUT2D eigenvalue weighted by Crippen LogP contribution is -2.01. The van der Waals surface area contributed by atoms with Crippen LogP contribution in [0.25, 0.3) is 11.4 Å². The van der Waals surface area contributed by atoms with Crippen molar-refractivity contribution in [1.29, 1.82) is 0 Å². The summed E-state index contributed by atoms with van der Waals surface area (Å²) in [4.78, 5) is 12.1. The number of hydrogen-bond acceptors (Lipinski definition) is 5. The Morgan fingerprint density at radius 1 is 1.33 bits per heavy atom. The highest BCUT2D eigenvalue weighted by Gasteiger charge is 2.04. The van der Waals surface area contributed by atoms with Crippen LogP contribution in [0.5, 0.6) is 0 Å². The Labute approximate surface area is 86.6 Å². The number of anilines is 1. The quantitative estimate of drug-likeness (QED) is 0.745. The van der Waals surface area contributed by atoms with E-state index in [1.165, 1.54) is 6.20 Å². The molecule has 0 atom stereocenters. The SMILES string of the molecule is Nc1nc(-c2cccnc2)ncc1CO. The fourth-order valence-corrected chi connectivity index (χ4v) is 1.18. The summed E-state index contributed by atoms with van der Waals surface area (Å²) in [6, 6.07) is 3.65. The van der Waals surface area contributed by atoms with E-state index in [2.05, 4.69) is 15.0 Å². The largest absolute Gasteiger partial charge is 0.391 e. The molecular weight excluding hydrogens is 192 g/mol. The average Bonchev–Trinajstić information content (AvgIpc) is 2.30. The van der Waals surface area contributed by atoms with Crippen LogP contribution in [0.15, 0.2) is 30.7 Å². The van der Waals surface area contributed by atoms with Crippen LogP contribution in [-0.2, 0) is 6.61 Å². The van der Waals surface area contributed by atoms with Gasteiger partial charge in [-0.2, -0.15) is 0 Å². The van der Waals surface area contributed by atoms with Crippen LogP contribution < -0.4 is 5.73 Å². The minimum atomic E-state index is -0.154. The minimum absolute atomic E-state index is 0.154. The molecule has 0 unspecified atom stereocenters. The lowest BCUT2D eigenvalue weighted by Gasteiger charge is -2.03. The predicted octanol–water partition coefficient (Wildman–Crippen LogP) is 0.613. The number of rotatable bonds is 2. The fourth-order valence-electron chi connectivity index (χ4n) is 1.18. The molecule has 0 aliphatic heterocycles. The van der Waals surface area contributed by atoms with Gasteiger partial charge in [0, 0.05) is 29.7 Å². The van der Waals surface area contributed by atoms with Gasteiger partial charge in [0.1, 0.15) is 5.82 Å². The van der Waals surface area contributed by atoms with Crippen molar-refractivity contribution in [3.8, 4) is 11.4 Å². The van der Waals surface area contributed by atoms with Gasteiger partial charge in [-0.3, -0.25) is 4.98 Å². The zero-order chi connectivity index (χ0) is 10.7. The maximum absolute atomic E-state index is 8.91. The molecule has 0 aliphatic rings. The summed E-state index contributed by atoms with van der Waals surface area (Å²) in [5.74, 6) is 0.809. The van der Waals surface area contributed by atoms with Crippen LogP contribution in [-0.4, -0.2) is 20.1 Å². The topological polar surface area (TPSA) is 84.9 Å². The summed E-state index contributed by atoms with van der Waals surface area (Å²) < 4.78 is 0. The number of hydrogen-bond donors (Lipinski definition) is 2. The standard InChI is InChI=1S/C10H10N4O/c11-9-8(6-15)5-13-10(14-9)7-2-1-3-12-4-7/h1-5,15H,6H2,(H2,11,13,14). The van der Waals surface area contributed by atoms with Crippen molar-refractivity contribution in [3.05, 3.63) is 36.3 Å². The second-order valence-electron chi connectivity index (χ2n) is 3.00. The van der Waals surface area contributed by atoms with E-state index in [1.54, 1.807) is 18.5 Å². The molecular formula is C10H10N4O. The Kier molecular flexibility index (Phi) is 2.55. The summed E-state index contributed by atoms with van der Waals surface area (Å²) >= 11 is 0. The Morgan fingerprint density at radius 2 is 2.20 bits per heavy atom. The highest BCUT2D eigenvalue weighted by molar-refractivity contribution is 5.55. The van der Waals surface area contributed by atoms with Gasteiger partial charge in [-0.15, -0.1) is 0 Å². The molecule has 0 aromatic carbocycles. The molecule has 2 heterocycles. The summed E-state index contributed by atoms with van der Waals surface area (Å²) in [5.41, 5.74) is 6.97. The molecule has 5 nitrogen and oxygen atoms in total. The second-order valence-corrected chi connectivity index (χ2v) is 3.00. The first-order valence-corrected chi connectivity index (χ1v) is 4.44. The van der Waals surface area contributed by atoms with E-state index in [-0.39, 0.29) is 6.61 Å². The average molecular weight is 202 g/mol. The second kappa shape index (κ2) is 4.02. The van der Waals surface area contributed by atoms with Gasteiger partial charge in [0.25, 0.3) is 0 Å². The van der Waals surface area contributed by atoms with E-state index in [0.717, 1.165) is 5.56 Å². The summed E-state index contributed by atoms with van der Waals surface area (Å²) in [6.45, 7) is -0.154. The van der Waals surface area contributed by atoms with E-state index in [1.807, 2.05) is 6.07 Å². The molecule has 76 valence electrons. The van der Waals surface area contributed by atoms with E-state index >= 15 is 0 Å². The van der Waals surface area contributed by atoms with E-state index in [9.17, 15) is 0 Å². The molecule has 0 saturated carbocycles. The third-order valence-electron chi connectivity index (χ3n) is 1.99. The molecule has 0 fully saturated rings. The van der Waals surface area contributed by atoms with Crippen molar-refractivity contribution in [1.82, 2.24) is 15.0 Å². The highest BCUT2D eigenvalue weighted by Crippen LogP contribution is 2.15. The minimum Gasteiger partial charge on any atom is -0.391 e. The van der Waals surface area contributed by atoms with E-state index < -0.39 is 0 Å². The van der Waals surface area contributed by atoms with Gasteiger partial charge in [0.15, 0.2) is 5.82 Å². The van der Waals surface area contributed by atoms with Gasteiger partial charge in [0.2, 0.25) is 0 Å². The van der Waals surface area contributed by atoms with Gasteiger partial charge in [-0.25, -0.2) is 9.97 Å². The van der Waals surface area contributed by atoms with Gasteiger partial charge in [0.05, 0.1) is 6.61 Å². The molecule has 2 aromatic rings. The van der Waals surface area contributed by atoms with Crippen LogP contribution in [0.2, 0.25) is 0 Å². The molecule has 2 aromatic heterocycles. The lowest BCUT2D eigenvalue weighted by molar-refractivity contribution is 0.281. The number of nitrogens with zero attached hydrogens (tertiary/aromatic N) is 3. The van der Waals surface area contributed by atoms with Crippen molar-refractivity contribution in [2.24, 2.45) is 0 Å². The maximum Gasteiger partial charge on any atom is 0.163 e. The summed E-state index contributed by atoms with van der Waals surface area (Å²) in [7, 11) is 0. The Hall–Kier alpha value is -2.01. The van der Waals surface area contributed by atoms with Crippen LogP contribution >= 0.6 is 0 Å². The van der Waals surface area contributed by atoms with Crippen molar-refractivity contribution in [2.75, 3.05) is 5.73 Å². The van der Waals surface area contributed by atoms with Crippen molar-refractivity contribution in [3.63, 3.8) is 0 Å². The first-order chi connectivity index (χ1) is 7.31. The van der Waals surface area contributed by atoms with Gasteiger partial charge >= 0.3 is 0 Å². The number of nitrogens with two attached hydrogens (primary N) is 1. The lowest BCUT2D eigenvalue weighted by atomic mass is 10.2.